The first-order valence-corrected chi connectivity index (χ1v) is 3.22. The number of nitrogen functional groups attached to an aromatic ring is 2. The predicted octanol–water partition coefficient (Wildman–Crippen LogP) is -1.58. The molecular weight excluding hydrogens is 176 g/mol. The Hall–Kier alpha value is -2.25. The highest BCUT2D eigenvalue weighted by atomic mass is 16.2. The number of hydrogen-bond donors (Lipinski definition) is 5. The van der Waals surface area contributed by atoms with Gasteiger partial charge in [-0.05, 0) is 0 Å². The van der Waals surface area contributed by atoms with E-state index < -0.39 is 11.6 Å². The molecule has 0 radical (unpaired) electrons. The highest BCUT2D eigenvalue weighted by molar-refractivity contribution is 5.90. The minimum Gasteiger partial charge on any atom is -0.382 e. The lowest BCUT2D eigenvalue weighted by molar-refractivity contribution is 0.259. The van der Waals surface area contributed by atoms with Crippen LogP contribution in [0.15, 0.2) is 4.79 Å². The van der Waals surface area contributed by atoms with E-state index in [4.69, 9.17) is 17.2 Å². The number of nitrogens with zero attached hydrogens (tertiary/aromatic N) is 1. The maximum absolute atomic E-state index is 11.1. The fourth-order valence-electron chi connectivity index (χ4n) is 0.753. The van der Waals surface area contributed by atoms with Gasteiger partial charge in [-0.15, -0.1) is 0 Å². The van der Waals surface area contributed by atoms with Crippen molar-refractivity contribution < 1.29 is 4.79 Å². The van der Waals surface area contributed by atoms with Crippen molar-refractivity contribution in [3.8, 4) is 0 Å². The molecule has 0 saturated carbocycles. The molecule has 0 aliphatic rings. The van der Waals surface area contributed by atoms with Crippen molar-refractivity contribution in [1.82, 2.24) is 9.97 Å². The zero-order chi connectivity index (χ0) is 10.0. The lowest BCUT2D eigenvalue weighted by atomic mass is 10.4. The standard InChI is InChI=1S/C5H8N6O2/c6-2-1(9-5(8)13)3(12)11-4(7)10-2/h(H3,8,9,13)(H5,6,7,10,11,12). The molecule has 70 valence electrons. The van der Waals surface area contributed by atoms with Gasteiger partial charge in [-0.25, -0.2) is 4.79 Å². The van der Waals surface area contributed by atoms with Crippen LogP contribution < -0.4 is 28.1 Å². The van der Waals surface area contributed by atoms with Crippen LogP contribution in [0.2, 0.25) is 0 Å². The first kappa shape index (κ1) is 8.84. The topological polar surface area (TPSA) is 153 Å². The highest BCUT2D eigenvalue weighted by Crippen LogP contribution is 2.08. The van der Waals surface area contributed by atoms with Crippen LogP contribution in [0.25, 0.3) is 0 Å². The normalized spacial score (nSPS) is 9.54. The molecule has 8 heteroatoms. The van der Waals surface area contributed by atoms with E-state index in [1.54, 1.807) is 0 Å². The van der Waals surface area contributed by atoms with Gasteiger partial charge in [0.2, 0.25) is 5.95 Å². The third kappa shape index (κ3) is 1.86. The lowest BCUT2D eigenvalue weighted by Crippen LogP contribution is -2.26. The average Bonchev–Trinajstić information content (AvgIpc) is 1.96. The molecule has 0 aliphatic heterocycles. The van der Waals surface area contributed by atoms with Gasteiger partial charge in [0.05, 0.1) is 0 Å². The highest BCUT2D eigenvalue weighted by Gasteiger charge is 2.08. The van der Waals surface area contributed by atoms with Crippen LogP contribution >= 0.6 is 0 Å². The predicted molar refractivity (Wildman–Crippen MR) is 46.9 cm³/mol. The van der Waals surface area contributed by atoms with Crippen LogP contribution in [0.3, 0.4) is 0 Å². The second kappa shape index (κ2) is 3.01. The summed E-state index contributed by atoms with van der Waals surface area (Å²) in [4.78, 5) is 27.1. The summed E-state index contributed by atoms with van der Waals surface area (Å²) in [5, 5.41) is 2.02. The molecule has 8 nitrogen and oxygen atoms in total. The molecule has 1 aromatic rings. The van der Waals surface area contributed by atoms with Gasteiger partial charge >= 0.3 is 6.03 Å². The van der Waals surface area contributed by atoms with Crippen LogP contribution in [0.1, 0.15) is 0 Å². The molecule has 0 aromatic carbocycles. The van der Waals surface area contributed by atoms with Crippen LogP contribution in [0, 0.1) is 0 Å². The SMILES string of the molecule is NC(=O)Nc1c(N)nc(N)[nH]c1=O. The van der Waals surface area contributed by atoms with Crippen molar-refractivity contribution in [3.63, 3.8) is 0 Å². The number of anilines is 3. The molecule has 0 saturated heterocycles. The Labute approximate surface area is 72.1 Å². The fourth-order valence-corrected chi connectivity index (χ4v) is 0.753. The number of hydrogen-bond acceptors (Lipinski definition) is 5. The van der Waals surface area contributed by atoms with Crippen molar-refractivity contribution in [2.45, 2.75) is 0 Å². The number of aromatic nitrogens is 2. The fraction of sp³-hybridized carbons (Fsp3) is 0. The van der Waals surface area contributed by atoms with Crippen LogP contribution in [-0.4, -0.2) is 16.0 Å². The number of aromatic amines is 1. The monoisotopic (exact) mass is 184 g/mol. The van der Waals surface area contributed by atoms with Gasteiger partial charge in [0.1, 0.15) is 0 Å². The number of urea groups is 1. The van der Waals surface area contributed by atoms with E-state index in [0.717, 1.165) is 0 Å². The zero-order valence-electron chi connectivity index (χ0n) is 6.50. The molecule has 0 spiro atoms. The van der Waals surface area contributed by atoms with Crippen molar-refractivity contribution in [1.29, 1.82) is 0 Å². The maximum atomic E-state index is 11.1. The van der Waals surface area contributed by atoms with Gasteiger partial charge in [-0.1, -0.05) is 0 Å². The number of rotatable bonds is 1. The largest absolute Gasteiger partial charge is 0.382 e. The van der Waals surface area contributed by atoms with Gasteiger partial charge in [-0.3, -0.25) is 9.78 Å². The molecule has 1 aromatic heterocycles. The Morgan fingerprint density at radius 1 is 1.46 bits per heavy atom. The van der Waals surface area contributed by atoms with E-state index >= 15 is 0 Å². The average molecular weight is 184 g/mol. The summed E-state index contributed by atoms with van der Waals surface area (Å²) < 4.78 is 0. The van der Waals surface area contributed by atoms with E-state index in [9.17, 15) is 9.59 Å². The van der Waals surface area contributed by atoms with Crippen molar-refractivity contribution in [2.24, 2.45) is 5.73 Å². The van der Waals surface area contributed by atoms with E-state index in [0.29, 0.717) is 0 Å². The second-order valence-corrected chi connectivity index (χ2v) is 2.20. The number of amides is 2. The molecule has 2 amide bonds. The molecule has 0 atom stereocenters. The molecule has 0 bridgehead atoms. The van der Waals surface area contributed by atoms with Crippen molar-refractivity contribution in [3.05, 3.63) is 10.4 Å². The Balaban J connectivity index is 3.21. The molecule has 0 aliphatic carbocycles. The molecule has 0 fully saturated rings. The Morgan fingerprint density at radius 3 is 2.54 bits per heavy atom. The number of nitrogens with one attached hydrogen (secondary N) is 2. The molecule has 0 unspecified atom stereocenters. The summed E-state index contributed by atoms with van der Waals surface area (Å²) >= 11 is 0. The number of carbonyl (C=O) groups excluding carboxylic acids is 1. The maximum Gasteiger partial charge on any atom is 0.316 e. The van der Waals surface area contributed by atoms with Gasteiger partial charge in [-0.2, -0.15) is 4.98 Å². The van der Waals surface area contributed by atoms with Gasteiger partial charge < -0.3 is 22.5 Å². The Morgan fingerprint density at radius 2 is 2.08 bits per heavy atom. The Kier molecular flexibility index (Phi) is 2.05. The Bertz CT molecular complexity index is 397. The van der Waals surface area contributed by atoms with E-state index in [2.05, 4.69) is 9.97 Å². The summed E-state index contributed by atoms with van der Waals surface area (Å²) in [6.07, 6.45) is 0. The van der Waals surface area contributed by atoms with E-state index in [-0.39, 0.29) is 17.5 Å². The van der Waals surface area contributed by atoms with Crippen LogP contribution in [-0.2, 0) is 0 Å². The molecule has 8 N–H and O–H groups in total. The van der Waals surface area contributed by atoms with E-state index in [1.165, 1.54) is 0 Å². The molecule has 1 heterocycles. The molecular formula is C5H8N6O2. The summed E-state index contributed by atoms with van der Waals surface area (Å²) in [6.45, 7) is 0. The van der Waals surface area contributed by atoms with Crippen molar-refractivity contribution in [2.75, 3.05) is 16.8 Å². The first-order valence-electron chi connectivity index (χ1n) is 3.22. The quantitative estimate of drug-likeness (QED) is 0.356. The summed E-state index contributed by atoms with van der Waals surface area (Å²) in [6, 6.07) is -0.899. The van der Waals surface area contributed by atoms with Gasteiger partial charge in [0, 0.05) is 0 Å². The second-order valence-electron chi connectivity index (χ2n) is 2.20. The van der Waals surface area contributed by atoms with Gasteiger partial charge in [0.15, 0.2) is 11.5 Å². The minimum absolute atomic E-state index is 0.127. The zero-order valence-corrected chi connectivity index (χ0v) is 6.50. The number of carbonyl (C=O) groups is 1. The van der Waals surface area contributed by atoms with Crippen molar-refractivity contribution >= 4 is 23.5 Å². The molecule has 13 heavy (non-hydrogen) atoms. The number of nitrogens with two attached hydrogens (primary N) is 3. The third-order valence-electron chi connectivity index (χ3n) is 1.21. The summed E-state index contributed by atoms with van der Waals surface area (Å²) in [5.41, 5.74) is 14.4. The number of H-pyrrole nitrogens is 1. The first-order chi connectivity index (χ1) is 6.00. The van der Waals surface area contributed by atoms with E-state index in [1.807, 2.05) is 5.32 Å². The number of primary amides is 1. The summed E-state index contributed by atoms with van der Waals surface area (Å²) in [5.74, 6) is -0.308. The summed E-state index contributed by atoms with van der Waals surface area (Å²) in [7, 11) is 0. The lowest BCUT2D eigenvalue weighted by Gasteiger charge is -2.03. The minimum atomic E-state index is -0.899. The smallest absolute Gasteiger partial charge is 0.316 e. The molecule has 1 rings (SSSR count). The third-order valence-corrected chi connectivity index (χ3v) is 1.21. The van der Waals surface area contributed by atoms with Gasteiger partial charge in [0.25, 0.3) is 5.56 Å². The van der Waals surface area contributed by atoms with Crippen LogP contribution in [0.5, 0.6) is 0 Å². The van der Waals surface area contributed by atoms with Crippen LogP contribution in [0.4, 0.5) is 22.2 Å².